The van der Waals surface area contributed by atoms with Gasteiger partial charge in [-0.2, -0.15) is 0 Å². The molecular weight excluding hydrogens is 310 g/mol. The zero-order chi connectivity index (χ0) is 17.7. The summed E-state index contributed by atoms with van der Waals surface area (Å²) in [5.41, 5.74) is 2.14. The lowest BCUT2D eigenvalue weighted by Crippen LogP contribution is -2.02. The topological polar surface area (TPSA) is 34.2 Å². The van der Waals surface area contributed by atoms with Crippen LogP contribution >= 0.6 is 0 Å². The van der Waals surface area contributed by atoms with E-state index in [1.54, 1.807) is 0 Å². The number of aromatic nitrogens is 1. The van der Waals surface area contributed by atoms with Gasteiger partial charge in [-0.05, 0) is 12.8 Å². The number of hydrogen-bond acceptors (Lipinski definition) is 2. The molecule has 0 aliphatic heterocycles. The van der Waals surface area contributed by atoms with E-state index in [1.807, 2.05) is 24.4 Å². The molecule has 2 aromatic rings. The van der Waals surface area contributed by atoms with Gasteiger partial charge in [0.15, 0.2) is 11.5 Å². The molecule has 0 aliphatic rings. The van der Waals surface area contributed by atoms with E-state index >= 15 is 0 Å². The molecule has 138 valence electrons. The van der Waals surface area contributed by atoms with E-state index in [9.17, 15) is 0 Å². The van der Waals surface area contributed by atoms with E-state index in [-0.39, 0.29) is 0 Å². The minimum Gasteiger partial charge on any atom is -0.488 e. The molecule has 1 aromatic heterocycles. The number of rotatable bonds is 13. The van der Waals surface area contributed by atoms with Gasteiger partial charge in [-0.25, -0.2) is 0 Å². The van der Waals surface area contributed by atoms with Crippen LogP contribution in [0.5, 0.6) is 11.5 Å². The highest BCUT2D eigenvalue weighted by Crippen LogP contribution is 2.38. The fourth-order valence-corrected chi connectivity index (χ4v) is 2.88. The van der Waals surface area contributed by atoms with Crippen molar-refractivity contribution in [2.24, 2.45) is 0 Å². The number of aromatic amines is 1. The first kappa shape index (κ1) is 19.4. The van der Waals surface area contributed by atoms with Gasteiger partial charge in [0.05, 0.1) is 18.9 Å². The summed E-state index contributed by atoms with van der Waals surface area (Å²) in [6, 6.07) is 10.3. The Bertz CT molecular complexity index is 577. The van der Waals surface area contributed by atoms with Crippen molar-refractivity contribution in [1.29, 1.82) is 0 Å². The van der Waals surface area contributed by atoms with Gasteiger partial charge >= 0.3 is 0 Å². The largest absolute Gasteiger partial charge is 0.488 e. The Hall–Kier alpha value is -1.90. The smallest absolute Gasteiger partial charge is 0.186 e. The lowest BCUT2D eigenvalue weighted by molar-refractivity contribution is 0.261. The quantitative estimate of drug-likeness (QED) is 0.416. The minimum absolute atomic E-state index is 0.740. The van der Waals surface area contributed by atoms with Crippen LogP contribution in [0.25, 0.3) is 11.3 Å². The van der Waals surface area contributed by atoms with E-state index in [4.69, 9.17) is 9.47 Å². The fraction of sp³-hybridized carbons (Fsp3) is 0.545. The summed E-state index contributed by atoms with van der Waals surface area (Å²) in [4.78, 5) is 3.34. The van der Waals surface area contributed by atoms with Crippen LogP contribution in [-0.4, -0.2) is 18.2 Å². The first-order chi connectivity index (χ1) is 12.4. The molecular formula is C22H33NO2. The second-order valence-electron chi connectivity index (χ2n) is 6.54. The number of hydrogen-bond donors (Lipinski definition) is 1. The average molecular weight is 344 g/mol. The zero-order valence-electron chi connectivity index (χ0n) is 15.9. The van der Waals surface area contributed by atoms with Gasteiger partial charge in [-0.3, -0.25) is 0 Å². The van der Waals surface area contributed by atoms with Crippen molar-refractivity contribution in [3.05, 3.63) is 36.5 Å². The molecule has 3 heteroatoms. The molecule has 0 fully saturated rings. The third kappa shape index (κ3) is 6.49. The highest BCUT2D eigenvalue weighted by Gasteiger charge is 2.15. The third-order valence-electron chi connectivity index (χ3n) is 4.36. The van der Waals surface area contributed by atoms with E-state index in [0.29, 0.717) is 0 Å². The SMILES string of the molecule is CCCCCCOc1c[nH]c(-c2ccccc2)c1OCCCCCC. The van der Waals surface area contributed by atoms with E-state index in [1.165, 1.54) is 38.5 Å². The van der Waals surface area contributed by atoms with Crippen molar-refractivity contribution in [2.45, 2.75) is 65.2 Å². The van der Waals surface area contributed by atoms with E-state index < -0.39 is 0 Å². The van der Waals surface area contributed by atoms with Gasteiger partial charge in [-0.15, -0.1) is 0 Å². The maximum Gasteiger partial charge on any atom is 0.186 e. The molecule has 0 saturated carbocycles. The molecule has 0 bridgehead atoms. The number of benzene rings is 1. The van der Waals surface area contributed by atoms with Crippen LogP contribution in [-0.2, 0) is 0 Å². The number of unbranched alkanes of at least 4 members (excludes halogenated alkanes) is 6. The van der Waals surface area contributed by atoms with Crippen LogP contribution in [0.2, 0.25) is 0 Å². The first-order valence-electron chi connectivity index (χ1n) is 9.89. The maximum atomic E-state index is 6.13. The predicted molar refractivity (Wildman–Crippen MR) is 106 cm³/mol. The lowest BCUT2D eigenvalue weighted by atomic mass is 10.1. The molecule has 0 radical (unpaired) electrons. The number of ether oxygens (including phenoxy) is 2. The Morgan fingerprint density at radius 1 is 0.760 bits per heavy atom. The lowest BCUT2D eigenvalue weighted by Gasteiger charge is -2.11. The van der Waals surface area contributed by atoms with Gasteiger partial charge in [0.25, 0.3) is 0 Å². The molecule has 0 amide bonds. The molecule has 1 heterocycles. The number of H-pyrrole nitrogens is 1. The molecule has 1 aromatic carbocycles. The van der Waals surface area contributed by atoms with Crippen molar-refractivity contribution in [3.8, 4) is 22.8 Å². The van der Waals surface area contributed by atoms with Crippen molar-refractivity contribution < 1.29 is 9.47 Å². The van der Waals surface area contributed by atoms with Crippen molar-refractivity contribution in [3.63, 3.8) is 0 Å². The summed E-state index contributed by atoms with van der Waals surface area (Å²) < 4.78 is 12.1. The van der Waals surface area contributed by atoms with E-state index in [2.05, 4.69) is 31.0 Å². The van der Waals surface area contributed by atoms with Crippen molar-refractivity contribution in [1.82, 2.24) is 4.98 Å². The third-order valence-corrected chi connectivity index (χ3v) is 4.36. The monoisotopic (exact) mass is 343 g/mol. The van der Waals surface area contributed by atoms with Crippen LogP contribution in [0.3, 0.4) is 0 Å². The summed E-state index contributed by atoms with van der Waals surface area (Å²) in [5, 5.41) is 0. The summed E-state index contributed by atoms with van der Waals surface area (Å²) in [7, 11) is 0. The van der Waals surface area contributed by atoms with Crippen LogP contribution in [0.4, 0.5) is 0 Å². The Balaban J connectivity index is 2.00. The van der Waals surface area contributed by atoms with Gasteiger partial charge < -0.3 is 14.5 Å². The molecule has 25 heavy (non-hydrogen) atoms. The molecule has 3 nitrogen and oxygen atoms in total. The van der Waals surface area contributed by atoms with Crippen LogP contribution < -0.4 is 9.47 Å². The zero-order valence-corrected chi connectivity index (χ0v) is 15.9. The van der Waals surface area contributed by atoms with Crippen LogP contribution in [0, 0.1) is 0 Å². The van der Waals surface area contributed by atoms with Gasteiger partial charge in [-0.1, -0.05) is 82.7 Å². The van der Waals surface area contributed by atoms with Gasteiger partial charge in [0.1, 0.15) is 0 Å². The number of nitrogens with one attached hydrogen (secondary N) is 1. The van der Waals surface area contributed by atoms with Crippen LogP contribution in [0.1, 0.15) is 65.2 Å². The Labute approximate surface area is 152 Å². The second-order valence-corrected chi connectivity index (χ2v) is 6.54. The molecule has 0 aliphatic carbocycles. The summed E-state index contributed by atoms with van der Waals surface area (Å²) in [6.45, 7) is 5.94. The van der Waals surface area contributed by atoms with E-state index in [0.717, 1.165) is 48.8 Å². The van der Waals surface area contributed by atoms with Crippen molar-refractivity contribution in [2.75, 3.05) is 13.2 Å². The Morgan fingerprint density at radius 2 is 1.40 bits per heavy atom. The second kappa shape index (κ2) is 11.6. The fourth-order valence-electron chi connectivity index (χ4n) is 2.88. The van der Waals surface area contributed by atoms with Crippen LogP contribution in [0.15, 0.2) is 36.5 Å². The summed E-state index contributed by atoms with van der Waals surface area (Å²) in [5.74, 6) is 1.70. The Morgan fingerprint density at radius 3 is 2.04 bits per heavy atom. The normalized spacial score (nSPS) is 10.8. The highest BCUT2D eigenvalue weighted by molar-refractivity contribution is 5.70. The standard InChI is InChI=1S/C22H33NO2/c1-3-5-7-12-16-24-20-18-23-21(19-14-10-9-11-15-19)22(20)25-17-13-8-6-4-2/h9-11,14-15,18,23H,3-8,12-13,16-17H2,1-2H3. The maximum absolute atomic E-state index is 6.13. The average Bonchev–Trinajstić information content (AvgIpc) is 3.05. The first-order valence-corrected chi connectivity index (χ1v) is 9.89. The molecule has 0 spiro atoms. The van der Waals surface area contributed by atoms with Gasteiger partial charge in [0.2, 0.25) is 0 Å². The molecule has 0 saturated heterocycles. The highest BCUT2D eigenvalue weighted by atomic mass is 16.5. The predicted octanol–water partition coefficient (Wildman–Crippen LogP) is 6.60. The molecule has 0 atom stereocenters. The summed E-state index contributed by atoms with van der Waals surface area (Å²) in [6.07, 6.45) is 11.6. The Kier molecular flexibility index (Phi) is 9.03. The van der Waals surface area contributed by atoms with Gasteiger partial charge in [0, 0.05) is 11.8 Å². The molecule has 2 rings (SSSR count). The summed E-state index contributed by atoms with van der Waals surface area (Å²) >= 11 is 0. The molecule has 1 N–H and O–H groups in total. The van der Waals surface area contributed by atoms with Crippen molar-refractivity contribution >= 4 is 0 Å². The molecule has 0 unspecified atom stereocenters. The minimum atomic E-state index is 0.740.